The average molecular weight is 395 g/mol. The maximum Gasteiger partial charge on any atom is 0.241 e. The molecule has 0 fully saturated rings. The van der Waals surface area contributed by atoms with Crippen LogP contribution in [0.25, 0.3) is 0 Å². The summed E-state index contributed by atoms with van der Waals surface area (Å²) in [5, 5.41) is 3.40. The number of sulfonamides is 1. The lowest BCUT2D eigenvalue weighted by atomic mass is 10.1. The molecule has 0 aliphatic carbocycles. The zero-order valence-corrected chi connectivity index (χ0v) is 16.6. The van der Waals surface area contributed by atoms with Crippen LogP contribution in [-0.2, 0) is 21.2 Å². The number of aryl methyl sites for hydroxylation is 1. The van der Waals surface area contributed by atoms with E-state index in [1.165, 1.54) is 12.1 Å². The van der Waals surface area contributed by atoms with Crippen LogP contribution in [0, 0.1) is 0 Å². The number of nitrogens with one attached hydrogen (secondary N) is 2. The Kier molecular flexibility index (Phi) is 6.44. The quantitative estimate of drug-likeness (QED) is 0.777. The zero-order chi connectivity index (χ0) is 19.4. The molecule has 2 aromatic carbocycles. The summed E-state index contributed by atoms with van der Waals surface area (Å²) in [6.45, 7) is 5.33. The fourth-order valence-electron chi connectivity index (χ4n) is 2.35. The summed E-state index contributed by atoms with van der Waals surface area (Å²) in [7, 11) is -3.59. The molecule has 2 N–H and O–H groups in total. The van der Waals surface area contributed by atoms with E-state index < -0.39 is 15.6 Å². The summed E-state index contributed by atoms with van der Waals surface area (Å²) in [5.74, 6) is -0.159. The number of hydrogen-bond donors (Lipinski definition) is 2. The molecule has 2 aromatic rings. The molecule has 1 amide bonds. The second-order valence-electron chi connectivity index (χ2n) is 7.02. The first-order valence-corrected chi connectivity index (χ1v) is 10.1. The Morgan fingerprint density at radius 2 is 1.65 bits per heavy atom. The van der Waals surface area contributed by atoms with E-state index in [9.17, 15) is 13.2 Å². The van der Waals surface area contributed by atoms with Gasteiger partial charge in [0.2, 0.25) is 15.9 Å². The monoisotopic (exact) mass is 394 g/mol. The predicted octanol–water partition coefficient (Wildman–Crippen LogP) is 3.99. The van der Waals surface area contributed by atoms with Crippen LogP contribution in [0.5, 0.6) is 0 Å². The second kappa shape index (κ2) is 8.20. The van der Waals surface area contributed by atoms with Crippen molar-refractivity contribution in [3.63, 3.8) is 0 Å². The van der Waals surface area contributed by atoms with Crippen molar-refractivity contribution in [2.45, 2.75) is 44.0 Å². The molecule has 0 unspecified atom stereocenters. The van der Waals surface area contributed by atoms with E-state index in [4.69, 9.17) is 11.6 Å². The number of amides is 1. The highest BCUT2D eigenvalue weighted by Crippen LogP contribution is 2.18. The minimum absolute atomic E-state index is 0.154. The van der Waals surface area contributed by atoms with Gasteiger partial charge in [-0.15, -0.1) is 0 Å². The summed E-state index contributed by atoms with van der Waals surface area (Å²) in [5.41, 5.74) is 0.896. The van der Waals surface area contributed by atoms with Crippen molar-refractivity contribution >= 4 is 33.2 Å². The Hall–Kier alpha value is -1.89. The lowest BCUT2D eigenvalue weighted by Gasteiger charge is -2.20. The molecule has 0 aliphatic rings. The van der Waals surface area contributed by atoms with Crippen molar-refractivity contribution in [3.8, 4) is 0 Å². The maximum atomic E-state index is 12.3. The van der Waals surface area contributed by atoms with E-state index in [0.717, 1.165) is 5.56 Å². The molecule has 0 radical (unpaired) electrons. The van der Waals surface area contributed by atoms with E-state index in [-0.39, 0.29) is 17.2 Å². The minimum atomic E-state index is -3.59. The van der Waals surface area contributed by atoms with Crippen LogP contribution in [0.2, 0.25) is 5.02 Å². The highest BCUT2D eigenvalue weighted by Gasteiger charge is 2.21. The first kappa shape index (κ1) is 20.4. The molecular weight excluding hydrogens is 372 g/mol. The van der Waals surface area contributed by atoms with Gasteiger partial charge >= 0.3 is 0 Å². The van der Waals surface area contributed by atoms with Crippen LogP contribution in [-0.4, -0.2) is 19.9 Å². The SMILES string of the molecule is CC(C)(C)NS(=O)(=O)c1ccc(NC(=O)CCc2ccccc2Cl)cc1. The minimum Gasteiger partial charge on any atom is -0.326 e. The number of carbonyl (C=O) groups is 1. The van der Waals surface area contributed by atoms with Crippen LogP contribution >= 0.6 is 11.6 Å². The van der Waals surface area contributed by atoms with Crippen LogP contribution in [0.3, 0.4) is 0 Å². The summed E-state index contributed by atoms with van der Waals surface area (Å²) in [4.78, 5) is 12.2. The molecule has 0 aromatic heterocycles. The number of hydrogen-bond acceptors (Lipinski definition) is 3. The lowest BCUT2D eigenvalue weighted by Crippen LogP contribution is -2.40. The average Bonchev–Trinajstić information content (AvgIpc) is 2.52. The Bertz CT molecular complexity index is 872. The van der Waals surface area contributed by atoms with Gasteiger partial charge in [0.05, 0.1) is 4.90 Å². The topological polar surface area (TPSA) is 75.3 Å². The van der Waals surface area contributed by atoms with Gasteiger partial charge in [-0.2, -0.15) is 0 Å². The highest BCUT2D eigenvalue weighted by molar-refractivity contribution is 7.89. The first-order chi connectivity index (χ1) is 12.1. The van der Waals surface area contributed by atoms with Crippen LogP contribution in [0.4, 0.5) is 5.69 Å². The van der Waals surface area contributed by atoms with Gasteiger partial charge in [-0.3, -0.25) is 4.79 Å². The lowest BCUT2D eigenvalue weighted by molar-refractivity contribution is -0.116. The summed E-state index contributed by atoms with van der Waals surface area (Å²) in [6.07, 6.45) is 0.822. The van der Waals surface area contributed by atoms with Crippen LogP contribution in [0.1, 0.15) is 32.8 Å². The van der Waals surface area contributed by atoms with Crippen molar-refractivity contribution in [3.05, 3.63) is 59.1 Å². The van der Waals surface area contributed by atoms with E-state index >= 15 is 0 Å². The Morgan fingerprint density at radius 3 is 2.23 bits per heavy atom. The largest absolute Gasteiger partial charge is 0.326 e. The second-order valence-corrected chi connectivity index (χ2v) is 9.11. The molecule has 140 valence electrons. The first-order valence-electron chi connectivity index (χ1n) is 8.24. The number of benzene rings is 2. The molecule has 0 saturated heterocycles. The van der Waals surface area contributed by atoms with Gasteiger partial charge in [-0.05, 0) is 63.1 Å². The summed E-state index contributed by atoms with van der Waals surface area (Å²) in [6, 6.07) is 13.5. The van der Waals surface area contributed by atoms with Gasteiger partial charge in [0.1, 0.15) is 0 Å². The van der Waals surface area contributed by atoms with E-state index in [2.05, 4.69) is 10.0 Å². The molecular formula is C19H23ClN2O3S. The molecule has 0 atom stereocenters. The Balaban J connectivity index is 1.96. The van der Waals surface area contributed by atoms with Gasteiger partial charge in [0.15, 0.2) is 0 Å². The zero-order valence-electron chi connectivity index (χ0n) is 15.0. The molecule has 0 spiro atoms. The molecule has 0 saturated carbocycles. The van der Waals surface area contributed by atoms with Crippen molar-refractivity contribution in [1.29, 1.82) is 0 Å². The van der Waals surface area contributed by atoms with Crippen LogP contribution < -0.4 is 10.0 Å². The molecule has 0 aliphatic heterocycles. The number of anilines is 1. The predicted molar refractivity (Wildman–Crippen MR) is 105 cm³/mol. The maximum absolute atomic E-state index is 12.3. The molecule has 7 heteroatoms. The van der Waals surface area contributed by atoms with Crippen molar-refractivity contribution in [2.75, 3.05) is 5.32 Å². The third-order valence-corrected chi connectivity index (χ3v) is 5.61. The fourth-order valence-corrected chi connectivity index (χ4v) is 4.00. The number of halogens is 1. The van der Waals surface area contributed by atoms with Crippen molar-refractivity contribution in [2.24, 2.45) is 0 Å². The third kappa shape index (κ3) is 6.12. The van der Waals surface area contributed by atoms with E-state index in [1.54, 1.807) is 39.0 Å². The summed E-state index contributed by atoms with van der Waals surface area (Å²) >= 11 is 6.08. The Morgan fingerprint density at radius 1 is 1.04 bits per heavy atom. The molecule has 2 rings (SSSR count). The van der Waals surface area contributed by atoms with Crippen molar-refractivity contribution in [1.82, 2.24) is 4.72 Å². The van der Waals surface area contributed by atoms with Crippen molar-refractivity contribution < 1.29 is 13.2 Å². The van der Waals surface area contributed by atoms with Gasteiger partial charge in [-0.25, -0.2) is 13.1 Å². The van der Waals surface area contributed by atoms with E-state index in [0.29, 0.717) is 17.1 Å². The molecule has 0 bridgehead atoms. The van der Waals surface area contributed by atoms with Gasteiger partial charge in [-0.1, -0.05) is 29.8 Å². The van der Waals surface area contributed by atoms with Crippen LogP contribution in [0.15, 0.2) is 53.4 Å². The third-order valence-electron chi connectivity index (χ3n) is 3.47. The fraction of sp³-hybridized carbons (Fsp3) is 0.316. The smallest absolute Gasteiger partial charge is 0.241 e. The van der Waals surface area contributed by atoms with E-state index in [1.807, 2.05) is 18.2 Å². The normalized spacial score (nSPS) is 12.0. The molecule has 26 heavy (non-hydrogen) atoms. The highest BCUT2D eigenvalue weighted by atomic mass is 35.5. The molecule has 5 nitrogen and oxygen atoms in total. The van der Waals surface area contributed by atoms with Gasteiger partial charge in [0.25, 0.3) is 0 Å². The summed E-state index contributed by atoms with van der Waals surface area (Å²) < 4.78 is 27.1. The number of rotatable bonds is 6. The Labute approximate surface area is 159 Å². The standard InChI is InChI=1S/C19H23ClN2O3S/c1-19(2,3)22-26(24,25)16-11-9-15(10-12-16)21-18(23)13-8-14-6-4-5-7-17(14)20/h4-7,9-12,22H,8,13H2,1-3H3,(H,21,23). The van der Waals surface area contributed by atoms with Gasteiger partial charge < -0.3 is 5.32 Å². The van der Waals surface area contributed by atoms with Gasteiger partial charge in [0, 0.05) is 22.7 Å². The number of carbonyl (C=O) groups excluding carboxylic acids is 1. The molecule has 0 heterocycles.